The third kappa shape index (κ3) is 3.71. The monoisotopic (exact) mass is 384 g/mol. The maximum atomic E-state index is 13.5. The number of nitrogens with zero attached hydrogens (tertiary/aromatic N) is 3. The van der Waals surface area contributed by atoms with Crippen LogP contribution in [-0.4, -0.2) is 29.2 Å². The summed E-state index contributed by atoms with van der Waals surface area (Å²) in [4.78, 5) is 14.6. The first-order chi connectivity index (χ1) is 13.6. The van der Waals surface area contributed by atoms with Gasteiger partial charge in [-0.2, -0.15) is 0 Å². The minimum absolute atomic E-state index is 0.000821. The molecule has 1 aliphatic rings. The molecule has 2 heterocycles. The van der Waals surface area contributed by atoms with E-state index >= 15 is 0 Å². The number of carbonyl (C=O) groups excluding carboxylic acids is 1. The van der Waals surface area contributed by atoms with Gasteiger partial charge in [-0.15, -0.1) is 5.10 Å². The molecule has 144 valence electrons. The highest BCUT2D eigenvalue weighted by Crippen LogP contribution is 2.26. The Morgan fingerprint density at radius 3 is 2.50 bits per heavy atom. The number of hydrogen-bond acceptors (Lipinski definition) is 5. The van der Waals surface area contributed by atoms with Crippen molar-refractivity contribution in [1.29, 1.82) is 0 Å². The first kappa shape index (κ1) is 18.1. The SMILES string of the molecule is O=C(NC(c1ccccc1)c1nnc(N2CCCC2)o1)c1ccc(F)c(F)c1. The number of carbonyl (C=O) groups is 1. The average molecular weight is 384 g/mol. The molecule has 6 nitrogen and oxygen atoms in total. The van der Waals surface area contributed by atoms with Crippen molar-refractivity contribution in [2.45, 2.75) is 18.9 Å². The number of benzene rings is 2. The van der Waals surface area contributed by atoms with Crippen molar-refractivity contribution in [3.8, 4) is 0 Å². The Labute approximate surface area is 160 Å². The minimum Gasteiger partial charge on any atom is -0.405 e. The lowest BCUT2D eigenvalue weighted by molar-refractivity contribution is 0.0937. The van der Waals surface area contributed by atoms with Crippen LogP contribution in [0.25, 0.3) is 0 Å². The van der Waals surface area contributed by atoms with Gasteiger partial charge in [-0.25, -0.2) is 8.78 Å². The molecule has 1 amide bonds. The summed E-state index contributed by atoms with van der Waals surface area (Å²) < 4.78 is 32.5. The van der Waals surface area contributed by atoms with Gasteiger partial charge < -0.3 is 14.6 Å². The molecule has 2 aromatic carbocycles. The van der Waals surface area contributed by atoms with E-state index in [1.165, 1.54) is 6.07 Å². The van der Waals surface area contributed by atoms with Crippen LogP contribution < -0.4 is 10.2 Å². The first-order valence-corrected chi connectivity index (χ1v) is 9.01. The fourth-order valence-corrected chi connectivity index (χ4v) is 3.16. The van der Waals surface area contributed by atoms with E-state index < -0.39 is 23.6 Å². The minimum atomic E-state index is -1.09. The van der Waals surface area contributed by atoms with Crippen LogP contribution >= 0.6 is 0 Å². The van der Waals surface area contributed by atoms with E-state index in [4.69, 9.17) is 4.42 Å². The number of rotatable bonds is 5. The van der Waals surface area contributed by atoms with Gasteiger partial charge in [0.2, 0.25) is 5.89 Å². The lowest BCUT2D eigenvalue weighted by Gasteiger charge is -2.16. The van der Waals surface area contributed by atoms with E-state index in [2.05, 4.69) is 15.5 Å². The Kier molecular flexibility index (Phi) is 5.01. The van der Waals surface area contributed by atoms with Crippen LogP contribution in [0.5, 0.6) is 0 Å². The second-order valence-corrected chi connectivity index (χ2v) is 6.56. The zero-order valence-corrected chi connectivity index (χ0v) is 14.9. The van der Waals surface area contributed by atoms with Crippen LogP contribution in [0.2, 0.25) is 0 Å². The standard InChI is InChI=1S/C20H18F2N4O2/c21-15-9-8-14(12-16(15)22)18(27)23-17(13-6-2-1-3-7-13)19-24-25-20(28-19)26-10-4-5-11-26/h1-3,6-9,12,17H,4-5,10-11H2,(H,23,27). The highest BCUT2D eigenvalue weighted by molar-refractivity contribution is 5.94. The van der Waals surface area contributed by atoms with E-state index in [1.807, 2.05) is 35.2 Å². The van der Waals surface area contributed by atoms with Crippen molar-refractivity contribution in [2.75, 3.05) is 18.0 Å². The Bertz CT molecular complexity index is 971. The molecule has 1 aliphatic heterocycles. The van der Waals surface area contributed by atoms with Crippen LogP contribution in [0.15, 0.2) is 52.9 Å². The van der Waals surface area contributed by atoms with Crippen LogP contribution in [0.3, 0.4) is 0 Å². The summed E-state index contributed by atoms with van der Waals surface area (Å²) in [5.74, 6) is -2.45. The Morgan fingerprint density at radius 1 is 1.04 bits per heavy atom. The predicted octanol–water partition coefficient (Wildman–Crippen LogP) is 3.47. The molecule has 1 N–H and O–H groups in total. The molecule has 3 aromatic rings. The van der Waals surface area contributed by atoms with Gasteiger partial charge in [0.25, 0.3) is 5.91 Å². The molecule has 1 aromatic heterocycles. The van der Waals surface area contributed by atoms with Crippen molar-refractivity contribution in [2.24, 2.45) is 0 Å². The van der Waals surface area contributed by atoms with Crippen molar-refractivity contribution >= 4 is 11.9 Å². The van der Waals surface area contributed by atoms with Gasteiger partial charge in [0.15, 0.2) is 11.6 Å². The zero-order valence-electron chi connectivity index (χ0n) is 14.9. The molecule has 0 radical (unpaired) electrons. The Morgan fingerprint density at radius 2 is 1.79 bits per heavy atom. The van der Waals surface area contributed by atoms with Gasteiger partial charge in [0.05, 0.1) is 0 Å². The number of halogens is 2. The Hall–Kier alpha value is -3.29. The van der Waals surface area contributed by atoms with E-state index in [1.54, 1.807) is 0 Å². The number of hydrogen-bond donors (Lipinski definition) is 1. The average Bonchev–Trinajstić information content (AvgIpc) is 3.40. The van der Waals surface area contributed by atoms with Crippen molar-refractivity contribution in [3.05, 3.63) is 77.2 Å². The second kappa shape index (κ2) is 7.75. The van der Waals surface area contributed by atoms with Crippen molar-refractivity contribution in [3.63, 3.8) is 0 Å². The smallest absolute Gasteiger partial charge is 0.318 e. The maximum Gasteiger partial charge on any atom is 0.318 e. The van der Waals surface area contributed by atoms with Gasteiger partial charge in [0.1, 0.15) is 6.04 Å². The van der Waals surface area contributed by atoms with Crippen molar-refractivity contribution < 1.29 is 18.0 Å². The molecule has 0 bridgehead atoms. The summed E-state index contributed by atoms with van der Waals surface area (Å²) in [6.07, 6.45) is 2.12. The fourth-order valence-electron chi connectivity index (χ4n) is 3.16. The Balaban J connectivity index is 1.62. The lowest BCUT2D eigenvalue weighted by Crippen LogP contribution is -2.29. The topological polar surface area (TPSA) is 71.3 Å². The van der Waals surface area contributed by atoms with E-state index in [0.717, 1.165) is 43.6 Å². The number of anilines is 1. The third-order valence-corrected chi connectivity index (χ3v) is 4.64. The van der Waals surface area contributed by atoms with E-state index in [0.29, 0.717) is 6.01 Å². The molecule has 1 unspecified atom stereocenters. The van der Waals surface area contributed by atoms with Gasteiger partial charge in [0, 0.05) is 18.7 Å². The van der Waals surface area contributed by atoms with Crippen LogP contribution in [0, 0.1) is 11.6 Å². The van der Waals surface area contributed by atoms with Crippen LogP contribution in [0.4, 0.5) is 14.8 Å². The first-order valence-electron chi connectivity index (χ1n) is 9.01. The lowest BCUT2D eigenvalue weighted by atomic mass is 10.1. The molecular formula is C20H18F2N4O2. The molecule has 1 saturated heterocycles. The van der Waals surface area contributed by atoms with Crippen LogP contribution in [-0.2, 0) is 0 Å². The highest BCUT2D eigenvalue weighted by Gasteiger charge is 2.26. The zero-order chi connectivity index (χ0) is 19.5. The summed E-state index contributed by atoms with van der Waals surface area (Å²) >= 11 is 0. The number of amides is 1. The molecule has 0 aliphatic carbocycles. The number of aromatic nitrogens is 2. The van der Waals surface area contributed by atoms with Gasteiger partial charge in [-0.3, -0.25) is 4.79 Å². The van der Waals surface area contributed by atoms with Gasteiger partial charge in [-0.1, -0.05) is 35.4 Å². The summed E-state index contributed by atoms with van der Waals surface area (Å²) in [6, 6.07) is 11.8. The fraction of sp³-hybridized carbons (Fsp3) is 0.250. The molecule has 0 spiro atoms. The molecule has 1 fully saturated rings. The number of nitrogens with one attached hydrogen (secondary N) is 1. The molecule has 8 heteroatoms. The summed E-state index contributed by atoms with van der Waals surface area (Å²) in [7, 11) is 0. The summed E-state index contributed by atoms with van der Waals surface area (Å²) in [6.45, 7) is 1.69. The predicted molar refractivity (Wildman–Crippen MR) is 97.9 cm³/mol. The maximum absolute atomic E-state index is 13.5. The van der Waals surface area contributed by atoms with Crippen molar-refractivity contribution in [1.82, 2.24) is 15.5 Å². The summed E-state index contributed by atoms with van der Waals surface area (Å²) in [5, 5.41) is 11.0. The van der Waals surface area contributed by atoms with Crippen LogP contribution in [0.1, 0.15) is 40.7 Å². The van der Waals surface area contributed by atoms with Gasteiger partial charge in [-0.05, 0) is 36.6 Å². The third-order valence-electron chi connectivity index (χ3n) is 4.64. The molecule has 0 saturated carbocycles. The molecule has 4 rings (SSSR count). The van der Waals surface area contributed by atoms with Gasteiger partial charge >= 0.3 is 6.01 Å². The highest BCUT2D eigenvalue weighted by atomic mass is 19.2. The molecule has 1 atom stereocenters. The van der Waals surface area contributed by atoms with E-state index in [9.17, 15) is 13.6 Å². The quantitative estimate of drug-likeness (QED) is 0.729. The largest absolute Gasteiger partial charge is 0.405 e. The molecule has 28 heavy (non-hydrogen) atoms. The normalized spacial score (nSPS) is 14.9. The summed E-state index contributed by atoms with van der Waals surface area (Å²) in [5.41, 5.74) is 0.731. The second-order valence-electron chi connectivity index (χ2n) is 6.56. The van der Waals surface area contributed by atoms with E-state index in [-0.39, 0.29) is 11.5 Å². The molecular weight excluding hydrogens is 366 g/mol.